The molecule has 2 atom stereocenters. The molecule has 1 fully saturated rings. The van der Waals surface area contributed by atoms with Gasteiger partial charge in [0, 0.05) is 12.0 Å². The Balaban J connectivity index is 2.80. The molecule has 0 bridgehead atoms. The zero-order chi connectivity index (χ0) is 12.6. The fourth-order valence-corrected chi connectivity index (χ4v) is 3.37. The number of ether oxygens (including phenoxy) is 1. The van der Waals surface area contributed by atoms with Crippen LogP contribution in [0.25, 0.3) is 0 Å². The Labute approximate surface area is 101 Å². The van der Waals surface area contributed by atoms with Gasteiger partial charge < -0.3 is 10.5 Å². The summed E-state index contributed by atoms with van der Waals surface area (Å²) in [6.07, 6.45) is 3.42. The molecule has 0 radical (unpaired) electrons. The Morgan fingerprint density at radius 1 is 1.19 bits per heavy atom. The Kier molecular flexibility index (Phi) is 4.07. The minimum Gasteiger partial charge on any atom is -0.369 e. The molecule has 1 aliphatic heterocycles. The van der Waals surface area contributed by atoms with Crippen LogP contribution in [-0.4, -0.2) is 17.2 Å². The van der Waals surface area contributed by atoms with Gasteiger partial charge in [-0.2, -0.15) is 0 Å². The van der Waals surface area contributed by atoms with E-state index in [2.05, 4.69) is 41.5 Å². The molecule has 96 valence electrons. The summed E-state index contributed by atoms with van der Waals surface area (Å²) < 4.78 is 6.13. The van der Waals surface area contributed by atoms with Crippen molar-refractivity contribution in [1.29, 1.82) is 0 Å². The molecule has 0 aromatic carbocycles. The molecule has 0 amide bonds. The summed E-state index contributed by atoms with van der Waals surface area (Å²) in [6, 6.07) is 0.270. The van der Waals surface area contributed by atoms with Crippen molar-refractivity contribution in [1.82, 2.24) is 0 Å². The zero-order valence-corrected chi connectivity index (χ0v) is 11.8. The lowest BCUT2D eigenvalue weighted by Gasteiger charge is -2.34. The summed E-state index contributed by atoms with van der Waals surface area (Å²) in [6.45, 7) is 13.2. The minimum absolute atomic E-state index is 0.0161. The van der Waals surface area contributed by atoms with Crippen molar-refractivity contribution in [2.24, 2.45) is 17.6 Å². The highest BCUT2D eigenvalue weighted by Crippen LogP contribution is 2.44. The van der Waals surface area contributed by atoms with Crippen molar-refractivity contribution in [3.8, 4) is 0 Å². The standard InChI is InChI=1S/C14H29NO/c1-7-10(8-2)12(15)11-9-13(3,4)16-14(11,5)6/h10-12H,7-9,15H2,1-6H3. The second-order valence-corrected chi connectivity index (χ2v) is 6.43. The third kappa shape index (κ3) is 2.78. The van der Waals surface area contributed by atoms with Crippen molar-refractivity contribution >= 4 is 0 Å². The molecule has 2 heteroatoms. The number of rotatable bonds is 4. The van der Waals surface area contributed by atoms with Crippen LogP contribution in [-0.2, 0) is 4.74 Å². The van der Waals surface area contributed by atoms with E-state index in [-0.39, 0.29) is 17.2 Å². The molecule has 0 aromatic rings. The van der Waals surface area contributed by atoms with Gasteiger partial charge in [-0.15, -0.1) is 0 Å². The van der Waals surface area contributed by atoms with Gasteiger partial charge in [-0.3, -0.25) is 0 Å². The minimum atomic E-state index is -0.0779. The molecule has 1 aliphatic rings. The summed E-state index contributed by atoms with van der Waals surface area (Å²) in [4.78, 5) is 0. The molecule has 1 rings (SSSR count). The van der Waals surface area contributed by atoms with Gasteiger partial charge >= 0.3 is 0 Å². The number of hydrogen-bond acceptors (Lipinski definition) is 2. The number of nitrogens with two attached hydrogens (primary N) is 1. The lowest BCUT2D eigenvalue weighted by atomic mass is 9.75. The summed E-state index contributed by atoms with van der Waals surface area (Å²) in [5, 5.41) is 0. The van der Waals surface area contributed by atoms with E-state index < -0.39 is 0 Å². The largest absolute Gasteiger partial charge is 0.369 e. The molecule has 16 heavy (non-hydrogen) atoms. The smallest absolute Gasteiger partial charge is 0.0677 e. The van der Waals surface area contributed by atoms with Crippen LogP contribution in [0.3, 0.4) is 0 Å². The topological polar surface area (TPSA) is 35.2 Å². The van der Waals surface area contributed by atoms with Gasteiger partial charge in [-0.05, 0) is 40.0 Å². The van der Waals surface area contributed by atoms with Crippen molar-refractivity contribution in [2.45, 2.75) is 78.0 Å². The van der Waals surface area contributed by atoms with Crippen molar-refractivity contribution < 1.29 is 4.74 Å². The van der Waals surface area contributed by atoms with Crippen LogP contribution in [0.2, 0.25) is 0 Å². The van der Waals surface area contributed by atoms with E-state index in [0.717, 1.165) is 6.42 Å². The van der Waals surface area contributed by atoms with Crippen LogP contribution in [0.15, 0.2) is 0 Å². The molecule has 0 spiro atoms. The highest BCUT2D eigenvalue weighted by molar-refractivity contribution is 4.99. The van der Waals surface area contributed by atoms with Crippen molar-refractivity contribution in [3.63, 3.8) is 0 Å². The predicted octanol–water partition coefficient (Wildman–Crippen LogP) is 3.34. The number of hydrogen-bond donors (Lipinski definition) is 1. The maximum absolute atomic E-state index is 6.46. The molecule has 0 saturated carbocycles. The Bertz CT molecular complexity index is 231. The average Bonchev–Trinajstić information content (AvgIpc) is 2.36. The second-order valence-electron chi connectivity index (χ2n) is 6.43. The highest BCUT2D eigenvalue weighted by Gasteiger charge is 2.49. The van der Waals surface area contributed by atoms with Gasteiger partial charge in [0.2, 0.25) is 0 Å². The van der Waals surface area contributed by atoms with Crippen LogP contribution < -0.4 is 5.73 Å². The van der Waals surface area contributed by atoms with Crippen LogP contribution >= 0.6 is 0 Å². The summed E-state index contributed by atoms with van der Waals surface area (Å²) in [5.41, 5.74) is 6.37. The monoisotopic (exact) mass is 227 g/mol. The quantitative estimate of drug-likeness (QED) is 0.799. The first-order valence-corrected chi connectivity index (χ1v) is 6.69. The van der Waals surface area contributed by atoms with Gasteiger partial charge in [-0.1, -0.05) is 26.7 Å². The molecule has 2 N–H and O–H groups in total. The van der Waals surface area contributed by atoms with Crippen LogP contribution in [0.4, 0.5) is 0 Å². The second kappa shape index (κ2) is 4.66. The predicted molar refractivity (Wildman–Crippen MR) is 69.4 cm³/mol. The first kappa shape index (κ1) is 14.0. The fourth-order valence-electron chi connectivity index (χ4n) is 3.37. The Morgan fingerprint density at radius 3 is 2.00 bits per heavy atom. The van der Waals surface area contributed by atoms with E-state index in [0.29, 0.717) is 11.8 Å². The third-order valence-corrected chi connectivity index (χ3v) is 4.20. The molecule has 1 heterocycles. The maximum Gasteiger partial charge on any atom is 0.0677 e. The first-order valence-electron chi connectivity index (χ1n) is 6.69. The molecular weight excluding hydrogens is 198 g/mol. The third-order valence-electron chi connectivity index (χ3n) is 4.20. The van der Waals surface area contributed by atoms with Gasteiger partial charge in [-0.25, -0.2) is 0 Å². The summed E-state index contributed by atoms with van der Waals surface area (Å²) in [7, 11) is 0. The van der Waals surface area contributed by atoms with Gasteiger partial charge in [0.05, 0.1) is 11.2 Å². The fraction of sp³-hybridized carbons (Fsp3) is 1.00. The van der Waals surface area contributed by atoms with E-state index in [1.54, 1.807) is 0 Å². The molecule has 2 nitrogen and oxygen atoms in total. The van der Waals surface area contributed by atoms with E-state index in [4.69, 9.17) is 10.5 Å². The van der Waals surface area contributed by atoms with E-state index in [9.17, 15) is 0 Å². The van der Waals surface area contributed by atoms with Crippen molar-refractivity contribution in [2.75, 3.05) is 0 Å². The molecule has 0 aromatic heterocycles. The molecular formula is C14H29NO. The normalized spacial score (nSPS) is 29.6. The summed E-state index contributed by atoms with van der Waals surface area (Å²) >= 11 is 0. The van der Waals surface area contributed by atoms with Crippen LogP contribution in [0.5, 0.6) is 0 Å². The van der Waals surface area contributed by atoms with Crippen LogP contribution in [0, 0.1) is 11.8 Å². The van der Waals surface area contributed by atoms with E-state index in [1.807, 2.05) is 0 Å². The average molecular weight is 227 g/mol. The van der Waals surface area contributed by atoms with Gasteiger partial charge in [0.1, 0.15) is 0 Å². The lowest BCUT2D eigenvalue weighted by Crippen LogP contribution is -2.45. The highest BCUT2D eigenvalue weighted by atomic mass is 16.5. The van der Waals surface area contributed by atoms with E-state index in [1.165, 1.54) is 12.8 Å². The Hall–Kier alpha value is -0.0800. The maximum atomic E-state index is 6.46. The van der Waals surface area contributed by atoms with Gasteiger partial charge in [0.25, 0.3) is 0 Å². The van der Waals surface area contributed by atoms with E-state index >= 15 is 0 Å². The van der Waals surface area contributed by atoms with Gasteiger partial charge in [0.15, 0.2) is 0 Å². The molecule has 1 saturated heterocycles. The van der Waals surface area contributed by atoms with Crippen LogP contribution in [0.1, 0.15) is 60.8 Å². The van der Waals surface area contributed by atoms with Crippen molar-refractivity contribution in [3.05, 3.63) is 0 Å². The summed E-state index contributed by atoms with van der Waals surface area (Å²) in [5.74, 6) is 1.11. The molecule has 0 aliphatic carbocycles. The Morgan fingerprint density at radius 2 is 1.69 bits per heavy atom. The zero-order valence-electron chi connectivity index (χ0n) is 11.8. The first-order chi connectivity index (χ1) is 7.23. The lowest BCUT2D eigenvalue weighted by molar-refractivity contribution is -0.0782. The SMILES string of the molecule is CCC(CC)C(N)C1CC(C)(C)OC1(C)C. The molecule has 2 unspecified atom stereocenters.